The molecule has 0 aliphatic carbocycles. The summed E-state index contributed by atoms with van der Waals surface area (Å²) in [5, 5.41) is 18.7. The van der Waals surface area contributed by atoms with Crippen LogP contribution in [0.4, 0.5) is 0 Å². The van der Waals surface area contributed by atoms with Crippen molar-refractivity contribution in [3.8, 4) is 0 Å². The normalized spacial score (nSPS) is 11.5. The first kappa shape index (κ1) is 13.3. The number of aromatic nitrogens is 2. The van der Waals surface area contributed by atoms with Gasteiger partial charge >= 0.3 is 11.9 Å². The predicted octanol–water partition coefficient (Wildman–Crippen LogP) is 2.68. The number of furan rings is 2. The van der Waals surface area contributed by atoms with Gasteiger partial charge in [-0.3, -0.25) is 0 Å². The number of carboxylic acid groups (broad SMARTS) is 2. The Morgan fingerprint density at radius 1 is 0.870 bits per heavy atom. The molecule has 0 fully saturated rings. The van der Waals surface area contributed by atoms with Gasteiger partial charge < -0.3 is 28.2 Å². The number of carboxylic acids is 2. The van der Waals surface area contributed by atoms with Crippen LogP contribution in [0.2, 0.25) is 0 Å². The fourth-order valence-corrected chi connectivity index (χ4v) is 2.75. The molecule has 0 radical (unpaired) electrons. The van der Waals surface area contributed by atoms with Crippen LogP contribution in [0.5, 0.6) is 0 Å². The fraction of sp³-hybridized carbons (Fsp3) is 0.0667. The molecule has 0 aromatic carbocycles. The van der Waals surface area contributed by atoms with E-state index >= 15 is 0 Å². The van der Waals surface area contributed by atoms with E-state index in [1.807, 2.05) is 0 Å². The summed E-state index contributed by atoms with van der Waals surface area (Å²) in [6.07, 6.45) is 2.90. The monoisotopic (exact) mass is 314 g/mol. The molecule has 0 saturated carbocycles. The van der Waals surface area contributed by atoms with E-state index in [2.05, 4.69) is 0 Å². The lowest BCUT2D eigenvalue weighted by Gasteiger charge is -2.11. The standard InChI is InChI=1S/C15H10N2O6/c18-14(19)10-5-12-8(1-3-22-12)16(10)7-17-9-2-4-23-13(9)6-11(17)15(20)21/h1-6H,7H2,(H,18,19)(H,20,21). The number of aromatic carboxylic acids is 2. The Balaban J connectivity index is 1.94. The Bertz CT molecular complexity index is 976. The van der Waals surface area contributed by atoms with Crippen LogP contribution in [0.3, 0.4) is 0 Å². The van der Waals surface area contributed by atoms with Crippen molar-refractivity contribution in [3.05, 3.63) is 48.2 Å². The number of hydrogen-bond donors (Lipinski definition) is 2. The lowest BCUT2D eigenvalue weighted by atomic mass is 10.4. The first-order valence-electron chi connectivity index (χ1n) is 6.66. The minimum absolute atomic E-state index is 0.00926. The minimum atomic E-state index is -1.12. The number of rotatable bonds is 4. The maximum absolute atomic E-state index is 11.4. The first-order chi connectivity index (χ1) is 11.1. The molecule has 8 heteroatoms. The first-order valence-corrected chi connectivity index (χ1v) is 6.66. The zero-order valence-corrected chi connectivity index (χ0v) is 11.6. The molecule has 0 aliphatic heterocycles. The van der Waals surface area contributed by atoms with Crippen molar-refractivity contribution in [2.45, 2.75) is 6.67 Å². The van der Waals surface area contributed by atoms with Gasteiger partial charge in [0, 0.05) is 24.3 Å². The number of hydrogen-bond acceptors (Lipinski definition) is 4. The molecule has 0 saturated heterocycles. The molecule has 0 amide bonds. The topological polar surface area (TPSA) is 111 Å². The summed E-state index contributed by atoms with van der Waals surface area (Å²) in [6.45, 7) is 0.00926. The fourth-order valence-electron chi connectivity index (χ4n) is 2.75. The van der Waals surface area contributed by atoms with Crippen LogP contribution < -0.4 is 0 Å². The van der Waals surface area contributed by atoms with Crippen molar-refractivity contribution in [2.75, 3.05) is 0 Å². The number of nitrogens with zero attached hydrogens (tertiary/aromatic N) is 2. The summed E-state index contributed by atoms with van der Waals surface area (Å²) >= 11 is 0. The van der Waals surface area contributed by atoms with E-state index in [0.29, 0.717) is 22.2 Å². The third-order valence-corrected chi connectivity index (χ3v) is 3.77. The number of fused-ring (bicyclic) bond motifs is 2. The van der Waals surface area contributed by atoms with E-state index in [-0.39, 0.29) is 18.1 Å². The van der Waals surface area contributed by atoms with Crippen molar-refractivity contribution in [2.24, 2.45) is 0 Å². The second-order valence-corrected chi connectivity index (χ2v) is 5.01. The van der Waals surface area contributed by atoms with E-state index in [9.17, 15) is 19.8 Å². The third-order valence-electron chi connectivity index (χ3n) is 3.77. The second-order valence-electron chi connectivity index (χ2n) is 5.01. The van der Waals surface area contributed by atoms with E-state index in [4.69, 9.17) is 8.83 Å². The molecule has 4 aromatic heterocycles. The van der Waals surface area contributed by atoms with Gasteiger partial charge in [-0.1, -0.05) is 0 Å². The van der Waals surface area contributed by atoms with E-state index in [1.54, 1.807) is 12.1 Å². The molecule has 4 rings (SSSR count). The van der Waals surface area contributed by atoms with Crippen LogP contribution in [0, 0.1) is 0 Å². The molecule has 2 N–H and O–H groups in total. The molecule has 8 nitrogen and oxygen atoms in total. The molecule has 23 heavy (non-hydrogen) atoms. The molecule has 0 bridgehead atoms. The summed E-state index contributed by atoms with van der Waals surface area (Å²) < 4.78 is 13.4. The molecular formula is C15H10N2O6. The van der Waals surface area contributed by atoms with E-state index in [0.717, 1.165) is 0 Å². The quantitative estimate of drug-likeness (QED) is 0.599. The van der Waals surface area contributed by atoms with Gasteiger partial charge in [-0.05, 0) is 0 Å². The van der Waals surface area contributed by atoms with E-state index in [1.165, 1.54) is 33.8 Å². The Labute approximate surface area is 127 Å². The van der Waals surface area contributed by atoms with Crippen LogP contribution in [0.1, 0.15) is 21.0 Å². The number of carbonyl (C=O) groups is 2. The third kappa shape index (κ3) is 1.85. The smallest absolute Gasteiger partial charge is 0.352 e. The van der Waals surface area contributed by atoms with Gasteiger partial charge in [0.2, 0.25) is 0 Å². The van der Waals surface area contributed by atoms with Crippen LogP contribution in [-0.4, -0.2) is 31.3 Å². The van der Waals surface area contributed by atoms with Gasteiger partial charge in [0.05, 0.1) is 23.6 Å². The SMILES string of the molecule is O=C(O)c1cc2occc2n1Cn1c(C(=O)O)cc2occc21. The van der Waals surface area contributed by atoms with Gasteiger partial charge in [0.1, 0.15) is 18.1 Å². The highest BCUT2D eigenvalue weighted by Crippen LogP contribution is 2.25. The predicted molar refractivity (Wildman–Crippen MR) is 77.7 cm³/mol. The maximum Gasteiger partial charge on any atom is 0.352 e. The summed E-state index contributed by atoms with van der Waals surface area (Å²) in [5.41, 5.74) is 2.03. The lowest BCUT2D eigenvalue weighted by molar-refractivity contribution is 0.0681. The highest BCUT2D eigenvalue weighted by molar-refractivity contribution is 5.94. The highest BCUT2D eigenvalue weighted by atomic mass is 16.4. The Morgan fingerprint density at radius 3 is 1.70 bits per heavy atom. The molecule has 4 aromatic rings. The zero-order valence-electron chi connectivity index (χ0n) is 11.6. The Morgan fingerprint density at radius 2 is 1.30 bits per heavy atom. The van der Waals surface area contributed by atoms with Gasteiger partial charge in [-0.25, -0.2) is 9.59 Å². The lowest BCUT2D eigenvalue weighted by Crippen LogP contribution is -2.17. The van der Waals surface area contributed by atoms with Crippen molar-refractivity contribution in [1.82, 2.24) is 9.13 Å². The van der Waals surface area contributed by atoms with Crippen LogP contribution in [0.25, 0.3) is 22.2 Å². The Kier molecular flexibility index (Phi) is 2.61. The Hall–Kier alpha value is -3.42. The van der Waals surface area contributed by atoms with Crippen LogP contribution in [-0.2, 0) is 6.67 Å². The molecule has 4 heterocycles. The van der Waals surface area contributed by atoms with Gasteiger partial charge in [0.25, 0.3) is 0 Å². The van der Waals surface area contributed by atoms with Crippen molar-refractivity contribution in [1.29, 1.82) is 0 Å². The van der Waals surface area contributed by atoms with Crippen LogP contribution >= 0.6 is 0 Å². The summed E-state index contributed by atoms with van der Waals surface area (Å²) in [7, 11) is 0. The highest BCUT2D eigenvalue weighted by Gasteiger charge is 2.21. The van der Waals surface area contributed by atoms with Gasteiger partial charge in [-0.2, -0.15) is 0 Å². The average molecular weight is 314 g/mol. The van der Waals surface area contributed by atoms with Crippen molar-refractivity contribution in [3.63, 3.8) is 0 Å². The molecule has 0 aliphatic rings. The zero-order chi connectivity index (χ0) is 16.1. The second kappa shape index (κ2) is 4.54. The van der Waals surface area contributed by atoms with E-state index < -0.39 is 11.9 Å². The molecule has 0 unspecified atom stereocenters. The van der Waals surface area contributed by atoms with Gasteiger partial charge in [-0.15, -0.1) is 0 Å². The molecule has 0 spiro atoms. The van der Waals surface area contributed by atoms with Crippen molar-refractivity contribution >= 4 is 34.1 Å². The average Bonchev–Trinajstić information content (AvgIpc) is 3.20. The minimum Gasteiger partial charge on any atom is -0.477 e. The molecule has 116 valence electrons. The summed E-state index contributed by atoms with van der Waals surface area (Å²) in [5.74, 6) is -2.24. The molecule has 0 atom stereocenters. The summed E-state index contributed by atoms with van der Waals surface area (Å²) in [6, 6.07) is 6.10. The maximum atomic E-state index is 11.4. The van der Waals surface area contributed by atoms with Gasteiger partial charge in [0.15, 0.2) is 11.2 Å². The van der Waals surface area contributed by atoms with Crippen molar-refractivity contribution < 1.29 is 28.6 Å². The summed E-state index contributed by atoms with van der Waals surface area (Å²) in [4.78, 5) is 22.9. The van der Waals surface area contributed by atoms with Crippen LogP contribution in [0.15, 0.2) is 45.6 Å². The largest absolute Gasteiger partial charge is 0.477 e. The molecular weight excluding hydrogens is 304 g/mol.